The molecule has 0 aromatic heterocycles. The van der Waals surface area contributed by atoms with Gasteiger partial charge in [-0.3, -0.25) is 4.79 Å². The van der Waals surface area contributed by atoms with Crippen molar-refractivity contribution >= 4 is 5.91 Å². The second kappa shape index (κ2) is 6.17. The number of hydrogen-bond acceptors (Lipinski definition) is 3. The molecule has 2 rings (SSSR count). The fourth-order valence-electron chi connectivity index (χ4n) is 2.54. The van der Waals surface area contributed by atoms with E-state index in [1.807, 2.05) is 42.2 Å². The quantitative estimate of drug-likeness (QED) is 0.858. The van der Waals surface area contributed by atoms with Gasteiger partial charge in [0.2, 0.25) is 5.91 Å². The SMILES string of the molecule is CC1CN(C(=O)C(C)C(N)c2ccccc2)CCN1. The Kier molecular flexibility index (Phi) is 4.56. The fourth-order valence-corrected chi connectivity index (χ4v) is 2.54. The first-order chi connectivity index (χ1) is 9.09. The van der Waals surface area contributed by atoms with Crippen LogP contribution >= 0.6 is 0 Å². The zero-order valence-corrected chi connectivity index (χ0v) is 11.7. The zero-order valence-electron chi connectivity index (χ0n) is 11.7. The van der Waals surface area contributed by atoms with Crippen molar-refractivity contribution < 1.29 is 4.79 Å². The molecule has 0 bridgehead atoms. The van der Waals surface area contributed by atoms with Gasteiger partial charge in [0.05, 0.1) is 5.92 Å². The normalized spacial score (nSPS) is 22.9. The molecule has 4 heteroatoms. The van der Waals surface area contributed by atoms with Crippen LogP contribution in [0.3, 0.4) is 0 Å². The lowest BCUT2D eigenvalue weighted by Gasteiger charge is -2.34. The third-order valence-electron chi connectivity index (χ3n) is 3.79. The second-order valence-corrected chi connectivity index (χ2v) is 5.36. The van der Waals surface area contributed by atoms with Crippen LogP contribution < -0.4 is 11.1 Å². The van der Waals surface area contributed by atoms with Gasteiger partial charge in [-0.25, -0.2) is 0 Å². The highest BCUT2D eigenvalue weighted by molar-refractivity contribution is 5.79. The minimum atomic E-state index is -0.237. The van der Waals surface area contributed by atoms with Crippen LogP contribution in [0.15, 0.2) is 30.3 Å². The molecule has 1 heterocycles. The minimum Gasteiger partial charge on any atom is -0.340 e. The lowest BCUT2D eigenvalue weighted by atomic mass is 9.94. The molecule has 0 aliphatic carbocycles. The van der Waals surface area contributed by atoms with E-state index in [1.54, 1.807) is 0 Å². The van der Waals surface area contributed by atoms with E-state index in [-0.39, 0.29) is 17.9 Å². The van der Waals surface area contributed by atoms with Gasteiger partial charge in [-0.05, 0) is 12.5 Å². The molecule has 0 saturated carbocycles. The monoisotopic (exact) mass is 261 g/mol. The van der Waals surface area contributed by atoms with E-state index in [1.165, 1.54) is 0 Å². The van der Waals surface area contributed by atoms with Crippen LogP contribution in [0.2, 0.25) is 0 Å². The number of carbonyl (C=O) groups excluding carboxylic acids is 1. The number of hydrogen-bond donors (Lipinski definition) is 2. The second-order valence-electron chi connectivity index (χ2n) is 5.36. The predicted molar refractivity (Wildman–Crippen MR) is 76.6 cm³/mol. The molecule has 1 amide bonds. The smallest absolute Gasteiger partial charge is 0.227 e. The summed E-state index contributed by atoms with van der Waals surface area (Å²) in [6, 6.07) is 9.96. The third-order valence-corrected chi connectivity index (χ3v) is 3.79. The summed E-state index contributed by atoms with van der Waals surface area (Å²) >= 11 is 0. The molecule has 4 nitrogen and oxygen atoms in total. The predicted octanol–water partition coefficient (Wildman–Crippen LogP) is 1.14. The van der Waals surface area contributed by atoms with E-state index in [0.717, 1.165) is 25.2 Å². The molecule has 0 radical (unpaired) electrons. The Morgan fingerprint density at radius 1 is 1.42 bits per heavy atom. The highest BCUT2D eigenvalue weighted by Crippen LogP contribution is 2.21. The van der Waals surface area contributed by atoms with Gasteiger partial charge in [0, 0.05) is 31.7 Å². The lowest BCUT2D eigenvalue weighted by molar-refractivity contribution is -0.136. The summed E-state index contributed by atoms with van der Waals surface area (Å²) in [5.74, 6) is -0.0302. The van der Waals surface area contributed by atoms with Crippen LogP contribution in [0.5, 0.6) is 0 Å². The molecule has 1 fully saturated rings. The summed E-state index contributed by atoms with van der Waals surface area (Å²) in [4.78, 5) is 14.4. The number of benzene rings is 1. The Bertz CT molecular complexity index is 421. The highest BCUT2D eigenvalue weighted by Gasteiger charge is 2.28. The number of carbonyl (C=O) groups is 1. The molecular weight excluding hydrogens is 238 g/mol. The van der Waals surface area contributed by atoms with Crippen molar-refractivity contribution in [2.75, 3.05) is 19.6 Å². The van der Waals surface area contributed by atoms with Gasteiger partial charge in [0.1, 0.15) is 0 Å². The number of piperazine rings is 1. The number of nitrogens with one attached hydrogen (secondary N) is 1. The maximum atomic E-state index is 12.5. The fraction of sp³-hybridized carbons (Fsp3) is 0.533. The van der Waals surface area contributed by atoms with E-state index in [2.05, 4.69) is 12.2 Å². The van der Waals surface area contributed by atoms with E-state index < -0.39 is 0 Å². The van der Waals surface area contributed by atoms with Crippen molar-refractivity contribution in [1.29, 1.82) is 0 Å². The van der Waals surface area contributed by atoms with E-state index >= 15 is 0 Å². The number of rotatable bonds is 3. The van der Waals surface area contributed by atoms with Crippen LogP contribution in [0, 0.1) is 5.92 Å². The molecule has 1 aliphatic rings. The summed E-state index contributed by atoms with van der Waals surface area (Å²) in [7, 11) is 0. The van der Waals surface area contributed by atoms with Crippen LogP contribution in [-0.4, -0.2) is 36.5 Å². The van der Waals surface area contributed by atoms with Crippen molar-refractivity contribution in [2.45, 2.75) is 25.9 Å². The van der Waals surface area contributed by atoms with Gasteiger partial charge < -0.3 is 16.0 Å². The van der Waals surface area contributed by atoms with Gasteiger partial charge in [-0.1, -0.05) is 37.3 Å². The molecule has 19 heavy (non-hydrogen) atoms. The number of amides is 1. The molecule has 104 valence electrons. The van der Waals surface area contributed by atoms with Gasteiger partial charge in [-0.15, -0.1) is 0 Å². The molecular formula is C15H23N3O. The maximum absolute atomic E-state index is 12.5. The highest BCUT2D eigenvalue weighted by atomic mass is 16.2. The van der Waals surface area contributed by atoms with Crippen molar-refractivity contribution in [3.8, 4) is 0 Å². The topological polar surface area (TPSA) is 58.4 Å². The first kappa shape index (κ1) is 14.0. The van der Waals surface area contributed by atoms with Gasteiger partial charge in [0.15, 0.2) is 0 Å². The minimum absolute atomic E-state index is 0.157. The summed E-state index contributed by atoms with van der Waals surface area (Å²) in [5.41, 5.74) is 7.24. The van der Waals surface area contributed by atoms with Crippen LogP contribution in [0.25, 0.3) is 0 Å². The summed E-state index contributed by atoms with van der Waals surface area (Å²) in [6.45, 7) is 6.42. The Balaban J connectivity index is 2.02. The number of nitrogens with two attached hydrogens (primary N) is 1. The van der Waals surface area contributed by atoms with Crippen LogP contribution in [0.4, 0.5) is 0 Å². The first-order valence-corrected chi connectivity index (χ1v) is 6.92. The molecule has 3 N–H and O–H groups in total. The molecule has 1 aromatic rings. The van der Waals surface area contributed by atoms with E-state index in [0.29, 0.717) is 6.04 Å². The molecule has 3 atom stereocenters. The van der Waals surface area contributed by atoms with Crippen LogP contribution in [0.1, 0.15) is 25.5 Å². The zero-order chi connectivity index (χ0) is 13.8. The average molecular weight is 261 g/mol. The first-order valence-electron chi connectivity index (χ1n) is 6.92. The summed E-state index contributed by atoms with van der Waals surface area (Å²) in [5, 5.41) is 3.34. The van der Waals surface area contributed by atoms with Gasteiger partial charge in [0.25, 0.3) is 0 Å². The number of nitrogens with zero attached hydrogens (tertiary/aromatic N) is 1. The lowest BCUT2D eigenvalue weighted by Crippen LogP contribution is -2.53. The Hall–Kier alpha value is -1.39. The Morgan fingerprint density at radius 2 is 2.11 bits per heavy atom. The van der Waals surface area contributed by atoms with Crippen LogP contribution in [-0.2, 0) is 4.79 Å². The third kappa shape index (κ3) is 3.33. The van der Waals surface area contributed by atoms with Crippen molar-refractivity contribution in [3.05, 3.63) is 35.9 Å². The van der Waals surface area contributed by atoms with E-state index in [4.69, 9.17) is 5.73 Å². The van der Waals surface area contributed by atoms with Crippen molar-refractivity contribution in [1.82, 2.24) is 10.2 Å². The molecule has 1 aromatic carbocycles. The molecule has 0 spiro atoms. The largest absolute Gasteiger partial charge is 0.340 e. The Morgan fingerprint density at radius 3 is 2.74 bits per heavy atom. The Labute approximate surface area is 115 Å². The molecule has 3 unspecified atom stereocenters. The average Bonchev–Trinajstić information content (AvgIpc) is 2.46. The summed E-state index contributed by atoms with van der Waals surface area (Å²) < 4.78 is 0. The maximum Gasteiger partial charge on any atom is 0.227 e. The van der Waals surface area contributed by atoms with Gasteiger partial charge in [-0.2, -0.15) is 0 Å². The van der Waals surface area contributed by atoms with Gasteiger partial charge >= 0.3 is 0 Å². The van der Waals surface area contributed by atoms with Crippen molar-refractivity contribution in [2.24, 2.45) is 11.7 Å². The van der Waals surface area contributed by atoms with E-state index in [9.17, 15) is 4.79 Å². The molecule has 1 saturated heterocycles. The van der Waals surface area contributed by atoms with Crippen molar-refractivity contribution in [3.63, 3.8) is 0 Å². The summed E-state index contributed by atoms with van der Waals surface area (Å²) in [6.07, 6.45) is 0. The standard InChI is InChI=1S/C15H23N3O/c1-11-10-18(9-8-17-11)15(19)12(2)14(16)13-6-4-3-5-7-13/h3-7,11-12,14,17H,8-10,16H2,1-2H3. The molecule has 1 aliphatic heterocycles.